The van der Waals surface area contributed by atoms with Crippen LogP contribution in [0.25, 0.3) is 0 Å². The van der Waals surface area contributed by atoms with E-state index in [2.05, 4.69) is 0 Å². The van der Waals surface area contributed by atoms with Crippen LogP contribution in [0, 0.1) is 0 Å². The smallest absolute Gasteiger partial charge is 0.231 e. The number of aliphatic hydroxyl groups excluding tert-OH is 1. The van der Waals surface area contributed by atoms with Gasteiger partial charge in [0.15, 0.2) is 11.5 Å². The molecule has 4 heteroatoms. The second-order valence-corrected chi connectivity index (χ2v) is 4.31. The highest BCUT2D eigenvalue weighted by Crippen LogP contribution is 2.39. The zero-order chi connectivity index (χ0) is 11.8. The Morgan fingerprint density at radius 1 is 1.31 bits per heavy atom. The number of benzene rings is 1. The van der Waals surface area contributed by atoms with E-state index in [9.17, 15) is 4.39 Å². The Balaban J connectivity index is 2.49. The fourth-order valence-corrected chi connectivity index (χ4v) is 1.86. The summed E-state index contributed by atoms with van der Waals surface area (Å²) in [6.45, 7) is 3.14. The van der Waals surface area contributed by atoms with E-state index in [0.717, 1.165) is 5.56 Å². The minimum atomic E-state index is -1.45. The standard InChI is InChI=1S/C12H15FO3/c1-12(2,13)9-6-11-10(15-7-16-11)5-8(9)3-4-14/h5-6,14H,3-4,7H2,1-2H3. The predicted octanol–water partition coefficient (Wildman–Crippen LogP) is 2.15. The molecule has 1 N–H and O–H groups in total. The van der Waals surface area contributed by atoms with E-state index >= 15 is 0 Å². The molecule has 16 heavy (non-hydrogen) atoms. The lowest BCUT2D eigenvalue weighted by molar-refractivity contribution is 0.173. The van der Waals surface area contributed by atoms with Crippen LogP contribution in [-0.2, 0) is 12.1 Å². The van der Waals surface area contributed by atoms with Crippen molar-refractivity contribution in [3.63, 3.8) is 0 Å². The third-order valence-electron chi connectivity index (χ3n) is 2.62. The molecule has 0 saturated heterocycles. The molecular weight excluding hydrogens is 211 g/mol. The van der Waals surface area contributed by atoms with E-state index < -0.39 is 5.67 Å². The number of hydrogen-bond acceptors (Lipinski definition) is 3. The number of hydrogen-bond donors (Lipinski definition) is 1. The Bertz CT molecular complexity index is 396. The van der Waals surface area contributed by atoms with Crippen LogP contribution in [-0.4, -0.2) is 18.5 Å². The average molecular weight is 226 g/mol. The average Bonchev–Trinajstić information content (AvgIpc) is 2.62. The molecule has 0 atom stereocenters. The molecule has 88 valence electrons. The summed E-state index contributed by atoms with van der Waals surface area (Å²) in [4.78, 5) is 0. The van der Waals surface area contributed by atoms with Crippen LogP contribution in [0.1, 0.15) is 25.0 Å². The highest BCUT2D eigenvalue weighted by atomic mass is 19.1. The van der Waals surface area contributed by atoms with Crippen molar-refractivity contribution in [2.24, 2.45) is 0 Å². The topological polar surface area (TPSA) is 38.7 Å². The first kappa shape index (κ1) is 11.2. The minimum absolute atomic E-state index is 0.0112. The van der Waals surface area contributed by atoms with Gasteiger partial charge in [0.05, 0.1) is 0 Å². The van der Waals surface area contributed by atoms with Crippen LogP contribution in [0.2, 0.25) is 0 Å². The quantitative estimate of drug-likeness (QED) is 0.858. The van der Waals surface area contributed by atoms with Crippen molar-refractivity contribution in [1.29, 1.82) is 0 Å². The summed E-state index contributed by atoms with van der Waals surface area (Å²) in [5, 5.41) is 8.96. The van der Waals surface area contributed by atoms with E-state index in [1.165, 1.54) is 13.8 Å². The summed E-state index contributed by atoms with van der Waals surface area (Å²) in [5.74, 6) is 1.19. The maximum atomic E-state index is 14.0. The molecule has 1 aliphatic rings. The molecule has 0 unspecified atom stereocenters. The van der Waals surface area contributed by atoms with Crippen molar-refractivity contribution < 1.29 is 19.0 Å². The van der Waals surface area contributed by atoms with Crippen molar-refractivity contribution in [3.05, 3.63) is 23.3 Å². The van der Waals surface area contributed by atoms with Gasteiger partial charge in [-0.2, -0.15) is 0 Å². The van der Waals surface area contributed by atoms with Crippen molar-refractivity contribution >= 4 is 0 Å². The highest BCUT2D eigenvalue weighted by Gasteiger charge is 2.26. The molecule has 1 heterocycles. The predicted molar refractivity (Wildman–Crippen MR) is 57.5 cm³/mol. The Kier molecular flexibility index (Phi) is 2.76. The Morgan fingerprint density at radius 3 is 2.50 bits per heavy atom. The molecule has 0 aromatic heterocycles. The van der Waals surface area contributed by atoms with E-state index in [1.54, 1.807) is 12.1 Å². The minimum Gasteiger partial charge on any atom is -0.454 e. The van der Waals surface area contributed by atoms with Gasteiger partial charge < -0.3 is 14.6 Å². The largest absolute Gasteiger partial charge is 0.454 e. The van der Waals surface area contributed by atoms with Gasteiger partial charge in [-0.3, -0.25) is 0 Å². The maximum absolute atomic E-state index is 14.0. The summed E-state index contributed by atoms with van der Waals surface area (Å²) in [7, 11) is 0. The molecule has 0 bridgehead atoms. The van der Waals surface area contributed by atoms with E-state index in [0.29, 0.717) is 23.5 Å². The van der Waals surface area contributed by atoms with Crippen molar-refractivity contribution in [2.75, 3.05) is 13.4 Å². The summed E-state index contributed by atoms with van der Waals surface area (Å²) in [6, 6.07) is 3.41. The highest BCUT2D eigenvalue weighted by molar-refractivity contribution is 5.50. The molecule has 0 spiro atoms. The normalized spacial score (nSPS) is 14.2. The van der Waals surface area contributed by atoms with Gasteiger partial charge >= 0.3 is 0 Å². The third-order valence-corrected chi connectivity index (χ3v) is 2.62. The second kappa shape index (κ2) is 3.94. The van der Waals surface area contributed by atoms with Crippen molar-refractivity contribution in [3.8, 4) is 11.5 Å². The number of alkyl halides is 1. The summed E-state index contributed by atoms with van der Waals surface area (Å²) in [6.07, 6.45) is 0.416. The molecule has 2 rings (SSSR count). The lowest BCUT2D eigenvalue weighted by Gasteiger charge is -2.19. The zero-order valence-corrected chi connectivity index (χ0v) is 9.42. The SMILES string of the molecule is CC(C)(F)c1cc2c(cc1CCO)OCO2. The lowest BCUT2D eigenvalue weighted by atomic mass is 9.92. The van der Waals surface area contributed by atoms with E-state index in [1.807, 2.05) is 0 Å². The van der Waals surface area contributed by atoms with Crippen LogP contribution in [0.15, 0.2) is 12.1 Å². The van der Waals surface area contributed by atoms with Crippen molar-refractivity contribution in [1.82, 2.24) is 0 Å². The number of halogens is 1. The van der Waals surface area contributed by atoms with Gasteiger partial charge in [-0.05, 0) is 43.5 Å². The van der Waals surface area contributed by atoms with Gasteiger partial charge in [0, 0.05) is 6.61 Å². The fraction of sp³-hybridized carbons (Fsp3) is 0.500. The monoisotopic (exact) mass is 226 g/mol. The van der Waals surface area contributed by atoms with Gasteiger partial charge in [0.25, 0.3) is 0 Å². The molecule has 3 nitrogen and oxygen atoms in total. The van der Waals surface area contributed by atoms with Crippen molar-refractivity contribution in [2.45, 2.75) is 25.9 Å². The van der Waals surface area contributed by atoms with Crippen LogP contribution in [0.3, 0.4) is 0 Å². The summed E-state index contributed by atoms with van der Waals surface area (Å²) < 4.78 is 24.4. The Labute approximate surface area is 93.8 Å². The van der Waals surface area contributed by atoms with Gasteiger partial charge in [-0.1, -0.05) is 0 Å². The number of ether oxygens (including phenoxy) is 2. The van der Waals surface area contributed by atoms with E-state index in [4.69, 9.17) is 14.6 Å². The zero-order valence-electron chi connectivity index (χ0n) is 9.42. The second-order valence-electron chi connectivity index (χ2n) is 4.31. The first-order valence-corrected chi connectivity index (χ1v) is 5.25. The molecule has 1 aliphatic heterocycles. The van der Waals surface area contributed by atoms with Crippen LogP contribution < -0.4 is 9.47 Å². The maximum Gasteiger partial charge on any atom is 0.231 e. The summed E-state index contributed by atoms with van der Waals surface area (Å²) in [5.41, 5.74) is -0.143. The van der Waals surface area contributed by atoms with Gasteiger partial charge in [-0.15, -0.1) is 0 Å². The van der Waals surface area contributed by atoms with Crippen LogP contribution in [0.4, 0.5) is 4.39 Å². The molecule has 0 amide bonds. The van der Waals surface area contributed by atoms with Gasteiger partial charge in [0.1, 0.15) is 5.67 Å². The van der Waals surface area contributed by atoms with Crippen LogP contribution in [0.5, 0.6) is 11.5 Å². The number of fused-ring (bicyclic) bond motifs is 1. The molecule has 0 fully saturated rings. The Hall–Kier alpha value is -1.29. The first-order chi connectivity index (χ1) is 7.52. The molecule has 1 aromatic carbocycles. The molecular formula is C12H15FO3. The fourth-order valence-electron chi connectivity index (χ4n) is 1.86. The number of rotatable bonds is 3. The Morgan fingerprint density at radius 2 is 1.94 bits per heavy atom. The van der Waals surface area contributed by atoms with Gasteiger partial charge in [-0.25, -0.2) is 4.39 Å². The molecule has 0 radical (unpaired) electrons. The van der Waals surface area contributed by atoms with E-state index in [-0.39, 0.29) is 13.4 Å². The lowest BCUT2D eigenvalue weighted by Crippen LogP contribution is -2.13. The van der Waals surface area contributed by atoms with Crippen LogP contribution >= 0.6 is 0 Å². The summed E-state index contributed by atoms with van der Waals surface area (Å²) >= 11 is 0. The molecule has 0 aliphatic carbocycles. The first-order valence-electron chi connectivity index (χ1n) is 5.25. The number of aliphatic hydroxyl groups is 1. The molecule has 0 saturated carbocycles. The third kappa shape index (κ3) is 1.97. The van der Waals surface area contributed by atoms with Gasteiger partial charge in [0.2, 0.25) is 6.79 Å². The molecule has 1 aromatic rings.